The molecule has 26 heavy (non-hydrogen) atoms. The second-order valence-corrected chi connectivity index (χ2v) is 6.53. The van der Waals surface area contributed by atoms with Crippen LogP contribution in [0.5, 0.6) is 0 Å². The van der Waals surface area contributed by atoms with Crippen LogP contribution in [0.25, 0.3) is 0 Å². The molecule has 0 bridgehead atoms. The van der Waals surface area contributed by atoms with Gasteiger partial charge in [-0.15, -0.1) is 5.10 Å². The summed E-state index contributed by atoms with van der Waals surface area (Å²) >= 11 is 0. The molecule has 2 aromatic rings. The Morgan fingerprint density at radius 2 is 1.77 bits per heavy atom. The van der Waals surface area contributed by atoms with Crippen LogP contribution in [0.2, 0.25) is 0 Å². The zero-order valence-electron chi connectivity index (χ0n) is 15.5. The summed E-state index contributed by atoms with van der Waals surface area (Å²) in [5.74, 6) is 0.708. The summed E-state index contributed by atoms with van der Waals surface area (Å²) in [6.07, 6.45) is 0.980. The van der Waals surface area contributed by atoms with Gasteiger partial charge >= 0.3 is 5.97 Å². The van der Waals surface area contributed by atoms with E-state index in [4.69, 9.17) is 4.74 Å². The Kier molecular flexibility index (Phi) is 6.17. The molecule has 1 aromatic carbocycles. The number of hydrogen-bond donors (Lipinski definition) is 0. The van der Waals surface area contributed by atoms with Gasteiger partial charge in [-0.3, -0.25) is 4.90 Å². The molecule has 6 nitrogen and oxygen atoms in total. The van der Waals surface area contributed by atoms with Crippen molar-refractivity contribution < 1.29 is 9.53 Å². The molecule has 1 fully saturated rings. The van der Waals surface area contributed by atoms with Crippen LogP contribution in [0.15, 0.2) is 36.4 Å². The molecule has 0 unspecified atom stereocenters. The highest BCUT2D eigenvalue weighted by Crippen LogP contribution is 2.13. The molecule has 1 aliphatic rings. The van der Waals surface area contributed by atoms with Crippen LogP contribution in [0.1, 0.15) is 28.5 Å². The van der Waals surface area contributed by atoms with E-state index in [1.807, 2.05) is 50.2 Å². The third-order valence-electron chi connectivity index (χ3n) is 4.66. The quantitative estimate of drug-likeness (QED) is 0.742. The lowest BCUT2D eigenvalue weighted by atomic mass is 10.1. The number of carbonyl (C=O) groups is 1. The largest absolute Gasteiger partial charge is 0.462 e. The third-order valence-corrected chi connectivity index (χ3v) is 4.66. The predicted octanol–water partition coefficient (Wildman–Crippen LogP) is 2.33. The monoisotopic (exact) mass is 354 g/mol. The molecular weight excluding hydrogens is 328 g/mol. The smallest absolute Gasteiger partial charge is 0.338 e. The number of ether oxygens (including phenoxy) is 1. The van der Waals surface area contributed by atoms with Gasteiger partial charge in [0.15, 0.2) is 5.82 Å². The average Bonchev–Trinajstić information content (AvgIpc) is 2.68. The molecule has 0 aliphatic carbocycles. The molecule has 1 aliphatic heterocycles. The van der Waals surface area contributed by atoms with Crippen molar-refractivity contribution in [3.05, 3.63) is 53.2 Å². The maximum absolute atomic E-state index is 11.7. The predicted molar refractivity (Wildman–Crippen MR) is 102 cm³/mol. The Balaban J connectivity index is 1.45. The molecule has 1 aromatic heterocycles. The SMILES string of the molecule is CCOC(=O)c1ccc(CCN2CCN(c3ccc(C)nn3)CC2)cc1. The second kappa shape index (κ2) is 8.76. The van der Waals surface area contributed by atoms with Crippen LogP contribution in [0, 0.1) is 6.92 Å². The highest BCUT2D eigenvalue weighted by molar-refractivity contribution is 5.89. The lowest BCUT2D eigenvalue weighted by Crippen LogP contribution is -2.47. The number of aromatic nitrogens is 2. The highest BCUT2D eigenvalue weighted by atomic mass is 16.5. The molecule has 0 N–H and O–H groups in total. The molecule has 6 heteroatoms. The molecule has 0 saturated carbocycles. The van der Waals surface area contributed by atoms with Gasteiger partial charge in [0, 0.05) is 32.7 Å². The molecular formula is C20H26N4O2. The van der Waals surface area contributed by atoms with E-state index in [9.17, 15) is 4.79 Å². The maximum atomic E-state index is 11.7. The fraction of sp³-hybridized carbons (Fsp3) is 0.450. The minimum absolute atomic E-state index is 0.255. The number of benzene rings is 1. The maximum Gasteiger partial charge on any atom is 0.338 e. The van der Waals surface area contributed by atoms with E-state index in [1.54, 1.807) is 0 Å². The van der Waals surface area contributed by atoms with Gasteiger partial charge in [-0.2, -0.15) is 5.10 Å². The standard InChI is InChI=1S/C20H26N4O2/c1-3-26-20(25)18-7-5-17(6-8-18)10-11-23-12-14-24(15-13-23)19-9-4-16(2)21-22-19/h4-9H,3,10-15H2,1-2H3. The Morgan fingerprint density at radius 1 is 1.04 bits per heavy atom. The number of piperazine rings is 1. The molecule has 138 valence electrons. The van der Waals surface area contributed by atoms with Crippen molar-refractivity contribution in [3.63, 3.8) is 0 Å². The van der Waals surface area contributed by atoms with Crippen LogP contribution in [-0.2, 0) is 11.2 Å². The van der Waals surface area contributed by atoms with Crippen LogP contribution in [-0.4, -0.2) is 60.4 Å². The van der Waals surface area contributed by atoms with Gasteiger partial charge in [-0.25, -0.2) is 4.79 Å². The Bertz CT molecular complexity index is 708. The highest BCUT2D eigenvalue weighted by Gasteiger charge is 2.18. The normalized spacial score (nSPS) is 15.1. The molecule has 2 heterocycles. The zero-order valence-corrected chi connectivity index (χ0v) is 15.5. The van der Waals surface area contributed by atoms with Crippen LogP contribution < -0.4 is 4.90 Å². The summed E-state index contributed by atoms with van der Waals surface area (Å²) in [5, 5.41) is 8.42. The molecule has 0 amide bonds. The van der Waals surface area contributed by atoms with Crippen molar-refractivity contribution in [1.29, 1.82) is 0 Å². The van der Waals surface area contributed by atoms with E-state index >= 15 is 0 Å². The number of esters is 1. The first kappa shape index (κ1) is 18.3. The number of hydrogen-bond acceptors (Lipinski definition) is 6. The van der Waals surface area contributed by atoms with E-state index in [2.05, 4.69) is 20.0 Å². The van der Waals surface area contributed by atoms with Gasteiger partial charge in [-0.1, -0.05) is 12.1 Å². The summed E-state index contributed by atoms with van der Waals surface area (Å²) in [5.41, 5.74) is 2.80. The number of aryl methyl sites for hydroxylation is 1. The van der Waals surface area contributed by atoms with Crippen molar-refractivity contribution >= 4 is 11.8 Å². The summed E-state index contributed by atoms with van der Waals surface area (Å²) in [4.78, 5) is 16.4. The summed E-state index contributed by atoms with van der Waals surface area (Å²) in [6, 6.07) is 11.8. The van der Waals surface area contributed by atoms with Gasteiger partial charge in [0.1, 0.15) is 0 Å². The molecule has 0 spiro atoms. The lowest BCUT2D eigenvalue weighted by molar-refractivity contribution is 0.0526. The second-order valence-electron chi connectivity index (χ2n) is 6.53. The van der Waals surface area contributed by atoms with E-state index in [-0.39, 0.29) is 5.97 Å². The topological polar surface area (TPSA) is 58.6 Å². The third kappa shape index (κ3) is 4.79. The van der Waals surface area contributed by atoms with Crippen LogP contribution in [0.3, 0.4) is 0 Å². The molecule has 0 radical (unpaired) electrons. The minimum Gasteiger partial charge on any atom is -0.462 e. The fourth-order valence-corrected chi connectivity index (χ4v) is 3.07. The average molecular weight is 354 g/mol. The molecule has 3 rings (SSSR count). The minimum atomic E-state index is -0.255. The van der Waals surface area contributed by atoms with Crippen LogP contribution in [0.4, 0.5) is 5.82 Å². The summed E-state index contributed by atoms with van der Waals surface area (Å²) in [7, 11) is 0. The number of anilines is 1. The Hall–Kier alpha value is -2.47. The van der Waals surface area contributed by atoms with E-state index < -0.39 is 0 Å². The summed E-state index contributed by atoms with van der Waals surface area (Å²) < 4.78 is 5.01. The van der Waals surface area contributed by atoms with E-state index in [0.29, 0.717) is 12.2 Å². The zero-order chi connectivity index (χ0) is 18.4. The molecule has 1 saturated heterocycles. The summed E-state index contributed by atoms with van der Waals surface area (Å²) in [6.45, 7) is 9.18. The van der Waals surface area contributed by atoms with Gasteiger partial charge in [0.25, 0.3) is 0 Å². The van der Waals surface area contributed by atoms with E-state index in [1.165, 1.54) is 5.56 Å². The van der Waals surface area contributed by atoms with Gasteiger partial charge in [0.2, 0.25) is 0 Å². The number of rotatable bonds is 6. The van der Waals surface area contributed by atoms with Crippen molar-refractivity contribution in [1.82, 2.24) is 15.1 Å². The van der Waals surface area contributed by atoms with Crippen molar-refractivity contribution in [3.8, 4) is 0 Å². The number of nitrogens with zero attached hydrogens (tertiary/aromatic N) is 4. The lowest BCUT2D eigenvalue weighted by Gasteiger charge is -2.35. The van der Waals surface area contributed by atoms with Gasteiger partial charge in [0.05, 0.1) is 17.9 Å². The van der Waals surface area contributed by atoms with Gasteiger partial charge < -0.3 is 9.64 Å². The van der Waals surface area contributed by atoms with Crippen LogP contribution >= 0.6 is 0 Å². The fourth-order valence-electron chi connectivity index (χ4n) is 3.07. The molecule has 0 atom stereocenters. The van der Waals surface area contributed by atoms with Crippen molar-refractivity contribution in [2.45, 2.75) is 20.3 Å². The van der Waals surface area contributed by atoms with Crippen molar-refractivity contribution in [2.75, 3.05) is 44.2 Å². The first-order valence-corrected chi connectivity index (χ1v) is 9.19. The van der Waals surface area contributed by atoms with Crippen molar-refractivity contribution in [2.24, 2.45) is 0 Å². The number of carbonyl (C=O) groups excluding carboxylic acids is 1. The Labute approximate surface area is 154 Å². The first-order valence-electron chi connectivity index (χ1n) is 9.19. The van der Waals surface area contributed by atoms with E-state index in [0.717, 1.165) is 50.7 Å². The van der Waals surface area contributed by atoms with Gasteiger partial charge in [-0.05, 0) is 50.1 Å². The first-order chi connectivity index (χ1) is 12.7. The Morgan fingerprint density at radius 3 is 2.38 bits per heavy atom.